The van der Waals surface area contributed by atoms with Gasteiger partial charge in [0.1, 0.15) is 0 Å². The van der Waals surface area contributed by atoms with Gasteiger partial charge in [-0.1, -0.05) is 6.08 Å². The van der Waals surface area contributed by atoms with E-state index < -0.39 is 0 Å². The highest BCUT2D eigenvalue weighted by Gasteiger charge is 2.21. The van der Waals surface area contributed by atoms with Crippen molar-refractivity contribution in [1.82, 2.24) is 4.68 Å². The highest BCUT2D eigenvalue weighted by molar-refractivity contribution is 5.79. The quantitative estimate of drug-likeness (QED) is 0.646. The van der Waals surface area contributed by atoms with Crippen molar-refractivity contribution in [2.75, 3.05) is 12.5 Å². The maximum absolute atomic E-state index is 3.18. The molecule has 0 unspecified atom stereocenters. The molecule has 0 saturated heterocycles. The van der Waals surface area contributed by atoms with Gasteiger partial charge in [-0.15, -0.1) is 5.73 Å². The molecule has 0 aliphatic heterocycles. The smallest absolute Gasteiger partial charge is 0.0785 e. The molecule has 2 nitrogen and oxygen atoms in total. The molecule has 1 aromatic heterocycles. The SMILES string of the molecule is CNn1c2c(c3c1C=CC3)C=C=C2. The van der Waals surface area contributed by atoms with Crippen molar-refractivity contribution < 1.29 is 0 Å². The maximum atomic E-state index is 3.18. The molecule has 1 heterocycles. The van der Waals surface area contributed by atoms with Crippen LogP contribution in [0.4, 0.5) is 0 Å². The van der Waals surface area contributed by atoms with Crippen LogP contribution in [0.15, 0.2) is 11.8 Å². The van der Waals surface area contributed by atoms with E-state index in [4.69, 9.17) is 0 Å². The molecule has 0 spiro atoms. The predicted molar refractivity (Wildman–Crippen MR) is 54.9 cm³/mol. The lowest BCUT2D eigenvalue weighted by atomic mass is 10.1. The predicted octanol–water partition coefficient (Wildman–Crippen LogP) is 1.87. The monoisotopic (exact) mass is 170 g/mol. The molecule has 3 rings (SSSR count). The fourth-order valence-corrected chi connectivity index (χ4v) is 2.10. The van der Waals surface area contributed by atoms with Crippen LogP contribution in [-0.2, 0) is 6.42 Å². The van der Waals surface area contributed by atoms with Crippen molar-refractivity contribution in [3.05, 3.63) is 34.3 Å². The first-order valence-electron chi connectivity index (χ1n) is 4.46. The van der Waals surface area contributed by atoms with Crippen molar-refractivity contribution in [2.45, 2.75) is 6.42 Å². The van der Waals surface area contributed by atoms with Gasteiger partial charge in [0.15, 0.2) is 0 Å². The molecule has 1 aromatic rings. The third-order valence-corrected chi connectivity index (χ3v) is 2.66. The Labute approximate surface area is 76.8 Å². The van der Waals surface area contributed by atoms with E-state index in [9.17, 15) is 0 Å². The van der Waals surface area contributed by atoms with Gasteiger partial charge < -0.3 is 5.43 Å². The van der Waals surface area contributed by atoms with Crippen LogP contribution in [0.5, 0.6) is 0 Å². The van der Waals surface area contributed by atoms with Crippen molar-refractivity contribution in [3.63, 3.8) is 0 Å². The maximum Gasteiger partial charge on any atom is 0.0785 e. The zero-order chi connectivity index (χ0) is 8.84. The molecule has 0 radical (unpaired) electrons. The average molecular weight is 170 g/mol. The second kappa shape index (κ2) is 2.18. The summed E-state index contributed by atoms with van der Waals surface area (Å²) in [6.45, 7) is 0. The lowest BCUT2D eigenvalue weighted by Gasteiger charge is -2.06. The topological polar surface area (TPSA) is 17.0 Å². The van der Waals surface area contributed by atoms with E-state index in [1.807, 2.05) is 13.1 Å². The molecule has 0 amide bonds. The molecule has 2 heteroatoms. The molecule has 64 valence electrons. The zero-order valence-corrected chi connectivity index (χ0v) is 7.46. The minimum absolute atomic E-state index is 1.05. The Morgan fingerprint density at radius 3 is 3.15 bits per heavy atom. The fourth-order valence-electron chi connectivity index (χ4n) is 2.10. The average Bonchev–Trinajstić information content (AvgIpc) is 2.71. The number of aromatic nitrogens is 1. The van der Waals surface area contributed by atoms with Gasteiger partial charge in [0.05, 0.1) is 11.4 Å². The van der Waals surface area contributed by atoms with Crippen molar-refractivity contribution >= 4 is 18.2 Å². The molecule has 0 aromatic carbocycles. The Morgan fingerprint density at radius 1 is 1.38 bits per heavy atom. The Hall–Kier alpha value is -1.66. The van der Waals surface area contributed by atoms with Crippen molar-refractivity contribution in [3.8, 4) is 0 Å². The minimum Gasteiger partial charge on any atom is -0.328 e. The number of rotatable bonds is 1. The summed E-state index contributed by atoms with van der Waals surface area (Å²) < 4.78 is 2.12. The first-order chi connectivity index (χ1) is 6.42. The number of hydrogen-bond acceptors (Lipinski definition) is 1. The summed E-state index contributed by atoms with van der Waals surface area (Å²) in [5.74, 6) is 0. The number of fused-ring (bicyclic) bond motifs is 3. The van der Waals surface area contributed by atoms with Crippen LogP contribution in [0.2, 0.25) is 0 Å². The van der Waals surface area contributed by atoms with Gasteiger partial charge in [-0.3, -0.25) is 4.68 Å². The molecule has 0 saturated carbocycles. The van der Waals surface area contributed by atoms with E-state index >= 15 is 0 Å². The lowest BCUT2D eigenvalue weighted by Crippen LogP contribution is -2.11. The number of allylic oxidation sites excluding steroid dienone is 1. The van der Waals surface area contributed by atoms with Gasteiger partial charge in [-0.2, -0.15) is 0 Å². The van der Waals surface area contributed by atoms with Crippen LogP contribution < -0.4 is 5.43 Å². The van der Waals surface area contributed by atoms with Crippen molar-refractivity contribution in [1.29, 1.82) is 0 Å². The molecule has 0 atom stereocenters. The molecule has 13 heavy (non-hydrogen) atoms. The van der Waals surface area contributed by atoms with Gasteiger partial charge in [-0.25, -0.2) is 0 Å². The van der Waals surface area contributed by atoms with Crippen LogP contribution in [0, 0.1) is 0 Å². The van der Waals surface area contributed by atoms with Gasteiger partial charge in [0.2, 0.25) is 0 Å². The third-order valence-electron chi connectivity index (χ3n) is 2.66. The van der Waals surface area contributed by atoms with Gasteiger partial charge in [-0.05, 0) is 24.1 Å². The summed E-state index contributed by atoms with van der Waals surface area (Å²) in [5, 5.41) is 0. The third kappa shape index (κ3) is 0.688. The van der Waals surface area contributed by atoms with E-state index in [1.165, 1.54) is 22.5 Å². The summed E-state index contributed by atoms with van der Waals surface area (Å²) >= 11 is 0. The lowest BCUT2D eigenvalue weighted by molar-refractivity contribution is 0.912. The summed E-state index contributed by atoms with van der Waals surface area (Å²) in [4.78, 5) is 0. The van der Waals surface area contributed by atoms with E-state index in [2.05, 4.69) is 34.1 Å². The van der Waals surface area contributed by atoms with E-state index in [1.54, 1.807) is 0 Å². The standard InChI is InChI=1S/C11H10N2/c1-12-13-10-6-2-4-8(10)9-5-3-7-11(9)13/h2,5-7,12H,4H2,1H3. The second-order valence-corrected chi connectivity index (χ2v) is 3.28. The summed E-state index contributed by atoms with van der Waals surface area (Å²) in [5.41, 5.74) is 11.6. The molecule has 2 aliphatic rings. The highest BCUT2D eigenvalue weighted by Crippen LogP contribution is 2.32. The Bertz CT molecular complexity index is 465. The number of hydrogen-bond donors (Lipinski definition) is 1. The first-order valence-corrected chi connectivity index (χ1v) is 4.46. The van der Waals surface area contributed by atoms with Gasteiger partial charge >= 0.3 is 0 Å². The van der Waals surface area contributed by atoms with Crippen LogP contribution >= 0.6 is 0 Å². The van der Waals surface area contributed by atoms with Crippen LogP contribution in [0.3, 0.4) is 0 Å². The Balaban J connectivity index is 2.35. The molecule has 0 fully saturated rings. The Morgan fingerprint density at radius 2 is 2.31 bits per heavy atom. The molecule has 1 N–H and O–H groups in total. The molecule has 2 aliphatic carbocycles. The number of nitrogens with one attached hydrogen (secondary N) is 1. The second-order valence-electron chi connectivity index (χ2n) is 3.28. The van der Waals surface area contributed by atoms with E-state index in [-0.39, 0.29) is 0 Å². The summed E-state index contributed by atoms with van der Waals surface area (Å²) in [7, 11) is 1.94. The summed E-state index contributed by atoms with van der Waals surface area (Å²) in [6, 6.07) is 0. The van der Waals surface area contributed by atoms with Crippen LogP contribution in [0.25, 0.3) is 18.2 Å². The molecular formula is C11H10N2. The van der Waals surface area contributed by atoms with Crippen molar-refractivity contribution in [2.24, 2.45) is 0 Å². The summed E-state index contributed by atoms with van der Waals surface area (Å²) in [6.07, 6.45) is 9.52. The normalized spacial score (nSPS) is 15.2. The zero-order valence-electron chi connectivity index (χ0n) is 7.46. The Kier molecular flexibility index (Phi) is 1.14. The van der Waals surface area contributed by atoms with Crippen LogP contribution in [0.1, 0.15) is 22.5 Å². The first kappa shape index (κ1) is 6.81. The minimum atomic E-state index is 1.05. The largest absolute Gasteiger partial charge is 0.328 e. The molecular weight excluding hydrogens is 160 g/mol. The number of nitrogens with zero attached hydrogens (tertiary/aromatic N) is 1. The van der Waals surface area contributed by atoms with Crippen LogP contribution in [-0.4, -0.2) is 11.7 Å². The van der Waals surface area contributed by atoms with Gasteiger partial charge in [0, 0.05) is 18.7 Å². The highest BCUT2D eigenvalue weighted by atomic mass is 15.4. The molecule has 0 bridgehead atoms. The van der Waals surface area contributed by atoms with Gasteiger partial charge in [0.25, 0.3) is 0 Å². The fraction of sp³-hybridized carbons (Fsp3) is 0.182. The van der Waals surface area contributed by atoms with E-state index in [0.717, 1.165) is 6.42 Å². The van der Waals surface area contributed by atoms with E-state index in [0.29, 0.717) is 0 Å².